The van der Waals surface area contributed by atoms with Gasteiger partial charge in [0.15, 0.2) is 23.6 Å². The number of cyclic esters (lactones) is 1. The van der Waals surface area contributed by atoms with Crippen molar-refractivity contribution in [3.05, 3.63) is 42.0 Å². The lowest BCUT2D eigenvalue weighted by molar-refractivity contribution is -0.147. The Balaban J connectivity index is 1.81. The molecule has 5 nitrogen and oxygen atoms in total. The first-order valence-corrected chi connectivity index (χ1v) is 10.5. The zero-order valence-corrected chi connectivity index (χ0v) is 17.2. The lowest BCUT2D eigenvalue weighted by Crippen LogP contribution is -2.31. The minimum atomic E-state index is -1.32. The van der Waals surface area contributed by atoms with Crippen LogP contribution in [-0.2, 0) is 19.1 Å². The summed E-state index contributed by atoms with van der Waals surface area (Å²) in [5.74, 6) is -2.67. The van der Waals surface area contributed by atoms with E-state index in [4.69, 9.17) is 9.47 Å². The molecule has 2 aromatic rings. The number of ether oxygens (including phenoxy) is 2. The number of carbonyl (C=O) groups is 3. The maximum absolute atomic E-state index is 13.0. The van der Waals surface area contributed by atoms with Crippen molar-refractivity contribution in [2.24, 2.45) is 5.92 Å². The minimum absolute atomic E-state index is 0.172. The van der Waals surface area contributed by atoms with Gasteiger partial charge in [0.1, 0.15) is 5.75 Å². The lowest BCUT2D eigenvalue weighted by atomic mass is 9.85. The third-order valence-corrected chi connectivity index (χ3v) is 6.32. The maximum atomic E-state index is 13.0. The molecule has 0 aliphatic carbocycles. The normalized spacial score (nSPS) is 21.4. The molecule has 1 aliphatic rings. The predicted molar refractivity (Wildman–Crippen MR) is 110 cm³/mol. The van der Waals surface area contributed by atoms with E-state index in [0.717, 1.165) is 22.1 Å². The Labute approximate surface area is 168 Å². The largest absolute Gasteiger partial charge is 0.497 e. The quantitative estimate of drug-likeness (QED) is 0.520. The third kappa shape index (κ3) is 3.92. The van der Waals surface area contributed by atoms with Crippen LogP contribution >= 0.6 is 11.8 Å². The standard InChI is InChI=1S/C22H24O5S/c1-12(28-4)9-18-21(24)19(22(25)27-18)20(23)13(2)14-5-6-16-11-17(26-3)8-7-15(16)10-14/h5-8,10-13,18-19H,9H2,1-4H3. The molecule has 0 amide bonds. The molecule has 0 radical (unpaired) electrons. The smallest absolute Gasteiger partial charge is 0.325 e. The van der Waals surface area contributed by atoms with E-state index in [9.17, 15) is 14.4 Å². The molecule has 6 heteroatoms. The van der Waals surface area contributed by atoms with Crippen LogP contribution in [-0.4, -0.2) is 42.3 Å². The molecule has 0 aromatic heterocycles. The van der Waals surface area contributed by atoms with Gasteiger partial charge in [-0.05, 0) is 34.7 Å². The van der Waals surface area contributed by atoms with Gasteiger partial charge in [0.05, 0.1) is 7.11 Å². The summed E-state index contributed by atoms with van der Waals surface area (Å²) >= 11 is 1.59. The van der Waals surface area contributed by atoms with Crippen LogP contribution in [0.4, 0.5) is 0 Å². The molecule has 1 heterocycles. The maximum Gasteiger partial charge on any atom is 0.325 e. The van der Waals surface area contributed by atoms with Gasteiger partial charge >= 0.3 is 5.97 Å². The number of hydrogen-bond acceptors (Lipinski definition) is 6. The second-order valence-corrected chi connectivity index (χ2v) is 8.42. The van der Waals surface area contributed by atoms with Crippen molar-refractivity contribution in [3.63, 3.8) is 0 Å². The zero-order valence-electron chi connectivity index (χ0n) is 16.4. The third-order valence-electron chi connectivity index (χ3n) is 5.33. The second kappa shape index (κ2) is 8.35. The van der Waals surface area contributed by atoms with Crippen LogP contribution in [0.3, 0.4) is 0 Å². The van der Waals surface area contributed by atoms with E-state index < -0.39 is 35.5 Å². The Bertz CT molecular complexity index is 922. The van der Waals surface area contributed by atoms with Crippen molar-refractivity contribution >= 4 is 40.1 Å². The monoisotopic (exact) mass is 400 g/mol. The fraction of sp³-hybridized carbons (Fsp3) is 0.409. The first kappa shape index (κ1) is 20.4. The summed E-state index contributed by atoms with van der Waals surface area (Å²) < 4.78 is 10.5. The van der Waals surface area contributed by atoms with Crippen LogP contribution < -0.4 is 4.74 Å². The molecule has 28 heavy (non-hydrogen) atoms. The van der Waals surface area contributed by atoms with Crippen LogP contribution in [0.1, 0.15) is 31.7 Å². The second-order valence-electron chi connectivity index (χ2n) is 7.14. The molecule has 1 saturated heterocycles. The molecule has 2 aromatic carbocycles. The average Bonchev–Trinajstić information content (AvgIpc) is 2.98. The van der Waals surface area contributed by atoms with E-state index in [1.54, 1.807) is 25.8 Å². The number of fused-ring (bicyclic) bond motifs is 1. The zero-order chi connectivity index (χ0) is 20.4. The molecular formula is C22H24O5S. The predicted octanol–water partition coefficient (Wildman–Crippen LogP) is 3.77. The van der Waals surface area contributed by atoms with Gasteiger partial charge in [-0.3, -0.25) is 14.4 Å². The number of esters is 1. The van der Waals surface area contributed by atoms with Gasteiger partial charge in [-0.25, -0.2) is 0 Å². The summed E-state index contributed by atoms with van der Waals surface area (Å²) in [6.07, 6.45) is 1.55. The number of benzene rings is 2. The summed E-state index contributed by atoms with van der Waals surface area (Å²) in [4.78, 5) is 37.8. The van der Waals surface area contributed by atoms with Crippen molar-refractivity contribution in [3.8, 4) is 5.75 Å². The Hall–Kier alpha value is -2.34. The Morgan fingerprint density at radius 3 is 2.50 bits per heavy atom. The Morgan fingerprint density at radius 2 is 1.82 bits per heavy atom. The van der Waals surface area contributed by atoms with Gasteiger partial charge in [-0.2, -0.15) is 11.8 Å². The molecule has 0 saturated carbocycles. The molecule has 4 unspecified atom stereocenters. The Kier molecular flexibility index (Phi) is 6.08. The first-order valence-electron chi connectivity index (χ1n) is 9.24. The van der Waals surface area contributed by atoms with E-state index in [1.165, 1.54) is 0 Å². The summed E-state index contributed by atoms with van der Waals surface area (Å²) in [5.41, 5.74) is 0.768. The summed E-state index contributed by atoms with van der Waals surface area (Å²) in [5, 5.41) is 2.13. The topological polar surface area (TPSA) is 69.7 Å². The SMILES string of the molecule is COc1ccc2cc(C(C)C(=O)C3C(=O)OC(CC(C)SC)C3=O)ccc2c1. The summed E-state index contributed by atoms with van der Waals surface area (Å²) in [6.45, 7) is 3.69. The molecule has 0 N–H and O–H groups in total. The number of methoxy groups -OCH3 is 1. The van der Waals surface area contributed by atoms with Gasteiger partial charge in [0, 0.05) is 17.6 Å². The highest BCUT2D eigenvalue weighted by atomic mass is 32.2. The van der Waals surface area contributed by atoms with Crippen molar-refractivity contribution in [1.82, 2.24) is 0 Å². The number of hydrogen-bond donors (Lipinski definition) is 0. The lowest BCUT2D eigenvalue weighted by Gasteiger charge is -2.14. The van der Waals surface area contributed by atoms with Gasteiger partial charge in [-0.15, -0.1) is 0 Å². The number of thioether (sulfide) groups is 1. The molecule has 0 bridgehead atoms. The van der Waals surface area contributed by atoms with Crippen molar-refractivity contribution in [2.75, 3.05) is 13.4 Å². The highest BCUT2D eigenvalue weighted by Crippen LogP contribution is 2.31. The number of Topliss-reactive ketones (excluding diaryl/α,β-unsaturated/α-hetero) is 2. The van der Waals surface area contributed by atoms with Crippen LogP contribution in [0.25, 0.3) is 10.8 Å². The van der Waals surface area contributed by atoms with Crippen LogP contribution in [0.15, 0.2) is 36.4 Å². The summed E-state index contributed by atoms with van der Waals surface area (Å²) in [6, 6.07) is 11.4. The van der Waals surface area contributed by atoms with Gasteiger partial charge in [0.25, 0.3) is 0 Å². The highest BCUT2D eigenvalue weighted by Gasteiger charge is 2.49. The van der Waals surface area contributed by atoms with Gasteiger partial charge in [-0.1, -0.05) is 38.1 Å². The van der Waals surface area contributed by atoms with Crippen LogP contribution in [0.5, 0.6) is 5.75 Å². The van der Waals surface area contributed by atoms with Crippen molar-refractivity contribution < 1.29 is 23.9 Å². The fourth-order valence-corrected chi connectivity index (χ4v) is 3.81. The molecule has 148 valence electrons. The fourth-order valence-electron chi connectivity index (χ4n) is 3.44. The molecular weight excluding hydrogens is 376 g/mol. The van der Waals surface area contributed by atoms with Crippen LogP contribution in [0, 0.1) is 5.92 Å². The van der Waals surface area contributed by atoms with Crippen LogP contribution in [0.2, 0.25) is 0 Å². The van der Waals surface area contributed by atoms with E-state index in [1.807, 2.05) is 49.6 Å². The molecule has 4 atom stereocenters. The molecule has 1 aliphatic heterocycles. The minimum Gasteiger partial charge on any atom is -0.497 e. The van der Waals surface area contributed by atoms with E-state index >= 15 is 0 Å². The molecule has 0 spiro atoms. The van der Waals surface area contributed by atoms with E-state index in [0.29, 0.717) is 6.42 Å². The van der Waals surface area contributed by atoms with Crippen molar-refractivity contribution in [2.45, 2.75) is 37.5 Å². The molecule has 3 rings (SSSR count). The number of ketones is 2. The number of carbonyl (C=O) groups excluding carboxylic acids is 3. The Morgan fingerprint density at radius 1 is 1.14 bits per heavy atom. The first-order chi connectivity index (χ1) is 13.3. The van der Waals surface area contributed by atoms with E-state index in [-0.39, 0.29) is 5.25 Å². The highest BCUT2D eigenvalue weighted by molar-refractivity contribution is 7.99. The van der Waals surface area contributed by atoms with Gasteiger partial charge < -0.3 is 9.47 Å². The van der Waals surface area contributed by atoms with Gasteiger partial charge in [0.2, 0.25) is 0 Å². The van der Waals surface area contributed by atoms with E-state index in [2.05, 4.69) is 0 Å². The molecule has 1 fully saturated rings. The summed E-state index contributed by atoms with van der Waals surface area (Å²) in [7, 11) is 1.61. The number of rotatable bonds is 7. The van der Waals surface area contributed by atoms with Crippen molar-refractivity contribution in [1.29, 1.82) is 0 Å². The average molecular weight is 400 g/mol.